The van der Waals surface area contributed by atoms with Crippen molar-refractivity contribution in [1.29, 1.82) is 5.26 Å². The van der Waals surface area contributed by atoms with Crippen molar-refractivity contribution in [1.82, 2.24) is 4.98 Å². The van der Waals surface area contributed by atoms with E-state index in [0.29, 0.717) is 22.8 Å². The first-order valence-corrected chi connectivity index (χ1v) is 7.77. The number of nitrogens with zero attached hydrogens (tertiary/aromatic N) is 2. The van der Waals surface area contributed by atoms with Gasteiger partial charge in [0.25, 0.3) is 6.26 Å². The summed E-state index contributed by atoms with van der Waals surface area (Å²) in [6.07, 6.45) is 4.27. The van der Waals surface area contributed by atoms with E-state index in [1.165, 1.54) is 12.1 Å². The van der Waals surface area contributed by atoms with Gasteiger partial charge in [-0.25, -0.2) is 4.39 Å². The number of rotatable bonds is 5. The van der Waals surface area contributed by atoms with Gasteiger partial charge in [-0.3, -0.25) is 4.98 Å². The molecule has 0 bridgehead atoms. The van der Waals surface area contributed by atoms with Crippen LogP contribution in [0.4, 0.5) is 4.39 Å². The van der Waals surface area contributed by atoms with Crippen LogP contribution in [0.15, 0.2) is 30.5 Å². The SMILES string of the molecule is CC(C)Cc1cc(-c2cc(F)cc(C(C)C)c2OC#N)ccn1. The number of aromatic nitrogens is 1. The lowest BCUT2D eigenvalue weighted by molar-refractivity contribution is 0.495. The molecule has 0 N–H and O–H groups in total. The second-order valence-corrected chi connectivity index (χ2v) is 6.35. The lowest BCUT2D eigenvalue weighted by atomic mass is 9.94. The number of nitriles is 1. The van der Waals surface area contributed by atoms with Gasteiger partial charge in [0, 0.05) is 23.0 Å². The first-order chi connectivity index (χ1) is 10.9. The Morgan fingerprint density at radius 2 is 1.96 bits per heavy atom. The average Bonchev–Trinajstić information content (AvgIpc) is 2.48. The first-order valence-electron chi connectivity index (χ1n) is 7.77. The fraction of sp³-hybridized carbons (Fsp3) is 0.368. The normalized spacial score (nSPS) is 10.9. The Hall–Kier alpha value is -2.41. The molecule has 1 aromatic heterocycles. The minimum atomic E-state index is -0.337. The molecule has 1 aromatic carbocycles. The molecule has 0 aliphatic carbocycles. The summed E-state index contributed by atoms with van der Waals surface area (Å²) in [5.74, 6) is 0.609. The van der Waals surface area contributed by atoms with E-state index in [1.54, 1.807) is 12.5 Å². The standard InChI is InChI=1S/C19H21FN2O/c1-12(2)7-16-8-14(5-6-22-16)18-10-15(20)9-17(13(3)4)19(18)23-11-21/h5-6,8-10,12-13H,7H2,1-4H3. The molecule has 0 fully saturated rings. The highest BCUT2D eigenvalue weighted by Gasteiger charge is 2.17. The molecule has 0 unspecified atom stereocenters. The van der Waals surface area contributed by atoms with Gasteiger partial charge in [0.15, 0.2) is 5.75 Å². The lowest BCUT2D eigenvalue weighted by Gasteiger charge is -2.15. The molecule has 0 aliphatic rings. The summed E-state index contributed by atoms with van der Waals surface area (Å²) in [4.78, 5) is 4.36. The van der Waals surface area contributed by atoms with Gasteiger partial charge in [0.1, 0.15) is 5.82 Å². The molecule has 4 heteroatoms. The maximum atomic E-state index is 14.1. The minimum Gasteiger partial charge on any atom is -0.387 e. The van der Waals surface area contributed by atoms with Crippen molar-refractivity contribution in [3.05, 3.63) is 47.5 Å². The molecule has 0 saturated carbocycles. The second-order valence-electron chi connectivity index (χ2n) is 6.35. The zero-order chi connectivity index (χ0) is 17.0. The second kappa shape index (κ2) is 7.23. The topological polar surface area (TPSA) is 45.9 Å². The van der Waals surface area contributed by atoms with Crippen LogP contribution in [0, 0.1) is 23.3 Å². The molecule has 120 valence electrons. The number of ether oxygens (including phenoxy) is 1. The van der Waals surface area contributed by atoms with Gasteiger partial charge in [-0.15, -0.1) is 5.26 Å². The zero-order valence-corrected chi connectivity index (χ0v) is 13.9. The van der Waals surface area contributed by atoms with Crippen LogP contribution < -0.4 is 4.74 Å². The van der Waals surface area contributed by atoms with E-state index in [0.717, 1.165) is 17.7 Å². The van der Waals surface area contributed by atoms with Crippen molar-refractivity contribution >= 4 is 0 Å². The third-order valence-corrected chi connectivity index (χ3v) is 3.60. The van der Waals surface area contributed by atoms with Crippen molar-refractivity contribution < 1.29 is 9.13 Å². The van der Waals surface area contributed by atoms with E-state index in [1.807, 2.05) is 26.0 Å². The lowest BCUT2D eigenvalue weighted by Crippen LogP contribution is -2.00. The maximum Gasteiger partial charge on any atom is 0.292 e. The summed E-state index contributed by atoms with van der Waals surface area (Å²) in [6.45, 7) is 8.13. The molecule has 2 aromatic rings. The molecule has 0 aliphatic heterocycles. The van der Waals surface area contributed by atoms with E-state index < -0.39 is 0 Å². The Kier molecular flexibility index (Phi) is 5.33. The van der Waals surface area contributed by atoms with E-state index in [-0.39, 0.29) is 11.7 Å². The van der Waals surface area contributed by atoms with Gasteiger partial charge in [0.05, 0.1) is 0 Å². The monoisotopic (exact) mass is 312 g/mol. The van der Waals surface area contributed by atoms with E-state index in [4.69, 9.17) is 10.00 Å². The number of hydrogen-bond acceptors (Lipinski definition) is 3. The number of hydrogen-bond donors (Lipinski definition) is 0. The molecule has 0 amide bonds. The van der Waals surface area contributed by atoms with Crippen molar-refractivity contribution in [3.8, 4) is 23.1 Å². The Bertz CT molecular complexity index is 733. The molecule has 0 radical (unpaired) electrons. The molecular formula is C19H21FN2O. The molecule has 1 heterocycles. The van der Waals surface area contributed by atoms with Gasteiger partial charge in [0.2, 0.25) is 0 Å². The van der Waals surface area contributed by atoms with Crippen LogP contribution in [0.5, 0.6) is 5.75 Å². The van der Waals surface area contributed by atoms with Crippen LogP contribution >= 0.6 is 0 Å². The van der Waals surface area contributed by atoms with Crippen LogP contribution in [0.2, 0.25) is 0 Å². The summed E-state index contributed by atoms with van der Waals surface area (Å²) in [5, 5.41) is 8.96. The molecule has 0 atom stereocenters. The highest BCUT2D eigenvalue weighted by Crippen LogP contribution is 2.38. The van der Waals surface area contributed by atoms with Gasteiger partial charge >= 0.3 is 0 Å². The van der Waals surface area contributed by atoms with E-state index >= 15 is 0 Å². The third-order valence-electron chi connectivity index (χ3n) is 3.60. The summed E-state index contributed by atoms with van der Waals surface area (Å²) in [6, 6.07) is 6.58. The van der Waals surface area contributed by atoms with Crippen LogP contribution in [-0.4, -0.2) is 4.98 Å². The molecule has 2 rings (SSSR count). The summed E-state index contributed by atoms with van der Waals surface area (Å²) in [7, 11) is 0. The van der Waals surface area contributed by atoms with Crippen LogP contribution in [-0.2, 0) is 6.42 Å². The smallest absolute Gasteiger partial charge is 0.292 e. The number of benzene rings is 1. The third kappa shape index (κ3) is 4.07. The van der Waals surface area contributed by atoms with Gasteiger partial charge in [-0.05, 0) is 48.1 Å². The van der Waals surface area contributed by atoms with Crippen LogP contribution in [0.1, 0.15) is 44.9 Å². The van der Waals surface area contributed by atoms with Crippen molar-refractivity contribution in [2.24, 2.45) is 5.92 Å². The Labute approximate surface area is 136 Å². The number of halogens is 1. The Balaban J connectivity index is 2.60. The first kappa shape index (κ1) is 17.0. The highest BCUT2D eigenvalue weighted by atomic mass is 19.1. The fourth-order valence-corrected chi connectivity index (χ4v) is 2.59. The summed E-state index contributed by atoms with van der Waals surface area (Å²) in [5.41, 5.74) is 3.02. The van der Waals surface area contributed by atoms with E-state index in [9.17, 15) is 4.39 Å². The quantitative estimate of drug-likeness (QED) is 0.724. The van der Waals surface area contributed by atoms with Gasteiger partial charge in [-0.2, -0.15) is 0 Å². The average molecular weight is 312 g/mol. The van der Waals surface area contributed by atoms with Crippen LogP contribution in [0.25, 0.3) is 11.1 Å². The number of pyridine rings is 1. The van der Waals surface area contributed by atoms with Crippen molar-refractivity contribution in [2.45, 2.75) is 40.0 Å². The molecule has 0 saturated heterocycles. The minimum absolute atomic E-state index is 0.0461. The van der Waals surface area contributed by atoms with Crippen LogP contribution in [0.3, 0.4) is 0 Å². The van der Waals surface area contributed by atoms with E-state index in [2.05, 4.69) is 18.8 Å². The molecule has 23 heavy (non-hydrogen) atoms. The molecule has 3 nitrogen and oxygen atoms in total. The van der Waals surface area contributed by atoms with Crippen molar-refractivity contribution in [3.63, 3.8) is 0 Å². The van der Waals surface area contributed by atoms with Gasteiger partial charge < -0.3 is 4.74 Å². The fourth-order valence-electron chi connectivity index (χ4n) is 2.59. The molecule has 0 spiro atoms. The highest BCUT2D eigenvalue weighted by molar-refractivity contribution is 5.73. The summed E-state index contributed by atoms with van der Waals surface area (Å²) >= 11 is 0. The van der Waals surface area contributed by atoms with Crippen molar-refractivity contribution in [2.75, 3.05) is 0 Å². The predicted molar refractivity (Wildman–Crippen MR) is 88.5 cm³/mol. The largest absolute Gasteiger partial charge is 0.387 e. The van der Waals surface area contributed by atoms with Gasteiger partial charge in [-0.1, -0.05) is 27.7 Å². The predicted octanol–water partition coefficient (Wildman–Crippen LogP) is 5.07. The maximum absolute atomic E-state index is 14.1. The summed E-state index contributed by atoms with van der Waals surface area (Å²) < 4.78 is 19.2. The Morgan fingerprint density at radius 3 is 2.57 bits per heavy atom. The molecular weight excluding hydrogens is 291 g/mol. The Morgan fingerprint density at radius 1 is 1.22 bits per heavy atom. The zero-order valence-electron chi connectivity index (χ0n) is 13.9.